The van der Waals surface area contributed by atoms with Gasteiger partial charge in [-0.15, -0.1) is 10.2 Å². The first-order valence-corrected chi connectivity index (χ1v) is 11.9. The van der Waals surface area contributed by atoms with E-state index in [1.54, 1.807) is 12.4 Å². The number of piperidine rings is 1. The number of hydrogen-bond donors (Lipinski definition) is 2. The summed E-state index contributed by atoms with van der Waals surface area (Å²) in [4.78, 5) is 16.9. The topological polar surface area (TPSA) is 136 Å². The molecule has 0 unspecified atom stereocenters. The van der Waals surface area contributed by atoms with Crippen LogP contribution in [0.15, 0.2) is 53.3 Å². The molecule has 1 fully saturated rings. The van der Waals surface area contributed by atoms with Gasteiger partial charge >= 0.3 is 6.09 Å². The lowest BCUT2D eigenvalue weighted by atomic mass is 9.87. The number of pyridine rings is 1. The van der Waals surface area contributed by atoms with Crippen LogP contribution in [0.5, 0.6) is 0 Å². The van der Waals surface area contributed by atoms with Gasteiger partial charge in [-0.1, -0.05) is 32.9 Å². The van der Waals surface area contributed by atoms with E-state index >= 15 is 0 Å². The number of likely N-dealkylation sites (tertiary alicyclic amines) is 1. The molecule has 0 bridgehead atoms. The number of nitrogen functional groups attached to an aromatic ring is 1. The molecule has 1 aromatic carbocycles. The molecule has 0 atom stereocenters. The second-order valence-corrected chi connectivity index (χ2v) is 10.1. The van der Waals surface area contributed by atoms with Crippen LogP contribution in [0.1, 0.15) is 45.2 Å². The average molecular weight is 488 g/mol. The minimum absolute atomic E-state index is 0.0582. The fourth-order valence-electron chi connectivity index (χ4n) is 4.37. The lowest BCUT2D eigenvalue weighted by Crippen LogP contribution is -2.38. The van der Waals surface area contributed by atoms with Crippen molar-refractivity contribution in [3.05, 3.63) is 54.5 Å². The molecule has 4 heterocycles. The fraction of sp³-hybridized carbons (Fsp3) is 0.346. The van der Waals surface area contributed by atoms with Crippen molar-refractivity contribution in [2.75, 3.05) is 18.8 Å². The molecular weight excluding hydrogens is 458 g/mol. The number of hydrogen-bond acceptors (Lipinski definition) is 7. The minimum Gasteiger partial charge on any atom is -0.465 e. The third kappa shape index (κ3) is 4.66. The summed E-state index contributed by atoms with van der Waals surface area (Å²) in [6.07, 6.45) is 5.99. The van der Waals surface area contributed by atoms with E-state index in [1.807, 2.05) is 29.1 Å². The molecule has 0 aliphatic carbocycles. The zero-order valence-electron chi connectivity index (χ0n) is 20.5. The van der Waals surface area contributed by atoms with Crippen LogP contribution in [0.4, 0.5) is 10.6 Å². The van der Waals surface area contributed by atoms with Gasteiger partial charge in [0.15, 0.2) is 0 Å². The Morgan fingerprint density at radius 1 is 1.03 bits per heavy atom. The molecule has 186 valence electrons. The van der Waals surface area contributed by atoms with E-state index in [-0.39, 0.29) is 11.5 Å². The number of rotatable bonds is 4. The fourth-order valence-corrected chi connectivity index (χ4v) is 4.37. The Labute approximate surface area is 208 Å². The molecule has 10 heteroatoms. The number of carbonyl (C=O) groups is 1. The number of carboxylic acid groups (broad SMARTS) is 1. The summed E-state index contributed by atoms with van der Waals surface area (Å²) in [6, 6.07) is 10.1. The largest absolute Gasteiger partial charge is 0.465 e. The first-order chi connectivity index (χ1) is 17.2. The van der Waals surface area contributed by atoms with Crippen LogP contribution >= 0.6 is 0 Å². The number of amides is 1. The van der Waals surface area contributed by atoms with Crippen molar-refractivity contribution in [3.8, 4) is 34.0 Å². The maximum Gasteiger partial charge on any atom is 0.407 e. The highest BCUT2D eigenvalue weighted by molar-refractivity contribution is 5.75. The number of nitrogens with zero attached hydrogens (tertiary/aromatic N) is 6. The molecule has 4 aromatic rings. The van der Waals surface area contributed by atoms with Gasteiger partial charge in [0, 0.05) is 42.2 Å². The van der Waals surface area contributed by atoms with E-state index in [1.165, 1.54) is 10.5 Å². The van der Waals surface area contributed by atoms with E-state index < -0.39 is 6.09 Å². The quantitative estimate of drug-likeness (QED) is 0.417. The Kier molecular flexibility index (Phi) is 5.95. The smallest absolute Gasteiger partial charge is 0.407 e. The second kappa shape index (κ2) is 9.10. The Balaban J connectivity index is 1.36. The molecule has 0 spiro atoms. The van der Waals surface area contributed by atoms with E-state index in [0.717, 1.165) is 29.5 Å². The van der Waals surface area contributed by atoms with Crippen LogP contribution in [0, 0.1) is 0 Å². The minimum atomic E-state index is -0.874. The highest BCUT2D eigenvalue weighted by Crippen LogP contribution is 2.32. The molecule has 5 rings (SSSR count). The molecule has 1 aliphatic heterocycles. The zero-order chi connectivity index (χ0) is 25.4. The molecule has 1 aliphatic rings. The Morgan fingerprint density at radius 3 is 2.39 bits per heavy atom. The van der Waals surface area contributed by atoms with Gasteiger partial charge < -0.3 is 20.2 Å². The van der Waals surface area contributed by atoms with Crippen LogP contribution in [0.3, 0.4) is 0 Å². The molecule has 3 aromatic heterocycles. The molecule has 36 heavy (non-hydrogen) atoms. The van der Waals surface area contributed by atoms with E-state index in [0.29, 0.717) is 36.3 Å². The summed E-state index contributed by atoms with van der Waals surface area (Å²) in [6.45, 7) is 7.51. The SMILES string of the molecule is CC(C)(C)c1ccc(-c2nnc(-c3cc(-c4cnn(C5CCN(C(=O)O)CC5)c4)cnc3N)o2)cc1. The number of nitrogens with two attached hydrogens (primary N) is 1. The van der Waals surface area contributed by atoms with Crippen molar-refractivity contribution in [2.45, 2.75) is 45.1 Å². The number of benzene rings is 1. The molecule has 10 nitrogen and oxygen atoms in total. The third-order valence-corrected chi connectivity index (χ3v) is 6.62. The second-order valence-electron chi connectivity index (χ2n) is 10.1. The van der Waals surface area contributed by atoms with Crippen molar-refractivity contribution in [1.29, 1.82) is 0 Å². The average Bonchev–Trinajstić information content (AvgIpc) is 3.55. The summed E-state index contributed by atoms with van der Waals surface area (Å²) in [5.74, 6) is 1.01. The predicted octanol–water partition coefficient (Wildman–Crippen LogP) is 4.86. The Hall–Kier alpha value is -4.21. The van der Waals surface area contributed by atoms with Gasteiger partial charge in [-0.25, -0.2) is 9.78 Å². The van der Waals surface area contributed by atoms with Gasteiger partial charge in [-0.05, 0) is 42.0 Å². The Bertz CT molecular complexity index is 1380. The van der Waals surface area contributed by atoms with Gasteiger partial charge in [-0.2, -0.15) is 5.10 Å². The van der Waals surface area contributed by atoms with Crippen LogP contribution in [0.2, 0.25) is 0 Å². The predicted molar refractivity (Wildman–Crippen MR) is 135 cm³/mol. The highest BCUT2D eigenvalue weighted by atomic mass is 16.4. The van der Waals surface area contributed by atoms with Crippen LogP contribution < -0.4 is 5.73 Å². The molecule has 1 saturated heterocycles. The van der Waals surface area contributed by atoms with Crippen LogP contribution in [-0.2, 0) is 5.41 Å². The monoisotopic (exact) mass is 487 g/mol. The third-order valence-electron chi connectivity index (χ3n) is 6.62. The normalized spacial score (nSPS) is 14.8. The summed E-state index contributed by atoms with van der Waals surface area (Å²) in [5, 5.41) is 22.1. The van der Waals surface area contributed by atoms with Crippen molar-refractivity contribution in [2.24, 2.45) is 0 Å². The lowest BCUT2D eigenvalue weighted by Gasteiger charge is -2.30. The summed E-state index contributed by atoms with van der Waals surface area (Å²) in [7, 11) is 0. The highest BCUT2D eigenvalue weighted by Gasteiger charge is 2.24. The van der Waals surface area contributed by atoms with Crippen molar-refractivity contribution in [3.63, 3.8) is 0 Å². The molecular formula is C26H29N7O3. The number of anilines is 1. The standard InChI is InChI=1S/C26H29N7O3/c1-26(2,3)19-6-4-16(5-7-19)23-30-31-24(36-23)21-12-17(13-28-22(21)27)18-14-29-33(15-18)20-8-10-32(11-9-20)25(34)35/h4-7,12-15,20H,8-11H2,1-3H3,(H2,27,28)(H,34,35). The van der Waals surface area contributed by atoms with Crippen LogP contribution in [0.25, 0.3) is 34.0 Å². The van der Waals surface area contributed by atoms with E-state index in [2.05, 4.69) is 53.2 Å². The summed E-state index contributed by atoms with van der Waals surface area (Å²) >= 11 is 0. The van der Waals surface area contributed by atoms with Gasteiger partial charge in [0.2, 0.25) is 5.89 Å². The maximum absolute atomic E-state index is 11.2. The van der Waals surface area contributed by atoms with Crippen LogP contribution in [-0.4, -0.2) is 54.2 Å². The summed E-state index contributed by atoms with van der Waals surface area (Å²) in [5.41, 5.74) is 10.5. The van der Waals surface area contributed by atoms with Gasteiger partial charge in [0.25, 0.3) is 5.89 Å². The van der Waals surface area contributed by atoms with Gasteiger partial charge in [-0.3, -0.25) is 4.68 Å². The van der Waals surface area contributed by atoms with Crippen molar-refractivity contribution < 1.29 is 14.3 Å². The zero-order valence-corrected chi connectivity index (χ0v) is 20.5. The van der Waals surface area contributed by atoms with Gasteiger partial charge in [0.05, 0.1) is 17.8 Å². The first kappa shape index (κ1) is 23.5. The van der Waals surface area contributed by atoms with E-state index in [4.69, 9.17) is 15.3 Å². The molecule has 0 radical (unpaired) electrons. The Morgan fingerprint density at radius 2 is 1.72 bits per heavy atom. The number of aromatic nitrogens is 5. The molecule has 0 saturated carbocycles. The summed E-state index contributed by atoms with van der Waals surface area (Å²) < 4.78 is 7.87. The lowest BCUT2D eigenvalue weighted by molar-refractivity contribution is 0.124. The van der Waals surface area contributed by atoms with Crippen molar-refractivity contribution >= 4 is 11.9 Å². The maximum atomic E-state index is 11.2. The van der Waals surface area contributed by atoms with E-state index in [9.17, 15) is 4.79 Å². The first-order valence-electron chi connectivity index (χ1n) is 11.9. The molecule has 3 N–H and O–H groups in total. The van der Waals surface area contributed by atoms with Gasteiger partial charge in [0.1, 0.15) is 5.82 Å². The molecule has 1 amide bonds. The van der Waals surface area contributed by atoms with Crippen molar-refractivity contribution in [1.82, 2.24) is 29.9 Å².